The second kappa shape index (κ2) is 5.58. The number of hydrogen-bond acceptors (Lipinski definition) is 6. The average molecular weight is 326 g/mol. The molecule has 1 aromatic carbocycles. The first kappa shape index (κ1) is 14.1. The van der Waals surface area contributed by atoms with Crippen LogP contribution in [0.5, 0.6) is 5.75 Å². The van der Waals surface area contributed by atoms with Crippen LogP contribution >= 0.6 is 11.3 Å². The summed E-state index contributed by atoms with van der Waals surface area (Å²) < 4.78 is 6.17. The first-order valence-corrected chi connectivity index (χ1v) is 8.12. The fourth-order valence-corrected chi connectivity index (χ4v) is 3.19. The molecule has 1 N–H and O–H groups in total. The lowest BCUT2D eigenvalue weighted by atomic mass is 10.2. The van der Waals surface area contributed by atoms with E-state index in [0.29, 0.717) is 16.7 Å². The van der Waals surface area contributed by atoms with Crippen molar-refractivity contribution in [2.24, 2.45) is 0 Å². The Morgan fingerprint density at radius 2 is 2.17 bits per heavy atom. The molecule has 0 radical (unpaired) electrons. The standard InChI is InChI=1S/C16H14N4O2S/c1-22-10-4-5-14-12(6-10)19-16(23-14)20-15(21)13-7-11(9-2-3-9)17-8-18-13/h4-9H,2-3H2,1H3,(H,19,20,21). The van der Waals surface area contributed by atoms with Gasteiger partial charge in [0.1, 0.15) is 17.8 Å². The summed E-state index contributed by atoms with van der Waals surface area (Å²) in [6.07, 6.45) is 3.72. The minimum absolute atomic E-state index is 0.264. The summed E-state index contributed by atoms with van der Waals surface area (Å²) in [6, 6.07) is 7.41. The molecule has 2 aromatic heterocycles. The fraction of sp³-hybridized carbons (Fsp3) is 0.250. The molecule has 6 nitrogen and oxygen atoms in total. The summed E-state index contributed by atoms with van der Waals surface area (Å²) in [5.41, 5.74) is 2.11. The highest BCUT2D eigenvalue weighted by Crippen LogP contribution is 2.38. The van der Waals surface area contributed by atoms with Gasteiger partial charge in [0.15, 0.2) is 5.13 Å². The molecule has 0 saturated heterocycles. The monoisotopic (exact) mass is 326 g/mol. The first-order chi connectivity index (χ1) is 11.2. The van der Waals surface area contributed by atoms with E-state index in [1.54, 1.807) is 13.2 Å². The van der Waals surface area contributed by atoms with Gasteiger partial charge in [0, 0.05) is 17.7 Å². The Morgan fingerprint density at radius 1 is 1.30 bits per heavy atom. The molecule has 1 aliphatic rings. The molecule has 4 rings (SSSR count). The Hall–Kier alpha value is -2.54. The number of hydrogen-bond donors (Lipinski definition) is 1. The number of aromatic nitrogens is 3. The van der Waals surface area contributed by atoms with Crippen molar-refractivity contribution in [3.63, 3.8) is 0 Å². The summed E-state index contributed by atoms with van der Waals surface area (Å²) in [6.45, 7) is 0. The van der Waals surface area contributed by atoms with Crippen molar-refractivity contribution in [1.82, 2.24) is 15.0 Å². The Labute approximate surface area is 136 Å². The van der Waals surface area contributed by atoms with Crippen molar-refractivity contribution < 1.29 is 9.53 Å². The van der Waals surface area contributed by atoms with Gasteiger partial charge in [-0.3, -0.25) is 10.1 Å². The third-order valence-electron chi connectivity index (χ3n) is 3.73. The number of carbonyl (C=O) groups excluding carboxylic acids is 1. The van der Waals surface area contributed by atoms with E-state index >= 15 is 0 Å². The summed E-state index contributed by atoms with van der Waals surface area (Å²) >= 11 is 1.42. The van der Waals surface area contributed by atoms with Gasteiger partial charge in [-0.15, -0.1) is 0 Å². The first-order valence-electron chi connectivity index (χ1n) is 7.31. The number of fused-ring (bicyclic) bond motifs is 1. The normalized spacial score (nSPS) is 14.0. The molecule has 23 heavy (non-hydrogen) atoms. The van der Waals surface area contributed by atoms with E-state index in [0.717, 1.165) is 34.5 Å². The topological polar surface area (TPSA) is 77.0 Å². The molecule has 0 bridgehead atoms. The van der Waals surface area contributed by atoms with Crippen LogP contribution in [0.15, 0.2) is 30.6 Å². The van der Waals surface area contributed by atoms with Crippen molar-refractivity contribution >= 4 is 32.6 Å². The largest absolute Gasteiger partial charge is 0.497 e. The molecule has 0 aliphatic heterocycles. The van der Waals surface area contributed by atoms with Gasteiger partial charge in [-0.05, 0) is 31.0 Å². The molecule has 0 spiro atoms. The number of nitrogens with one attached hydrogen (secondary N) is 1. The zero-order valence-electron chi connectivity index (χ0n) is 12.4. The fourth-order valence-electron chi connectivity index (χ4n) is 2.35. The SMILES string of the molecule is COc1ccc2sc(NC(=O)c3cc(C4CC4)ncn3)nc2c1. The van der Waals surface area contributed by atoms with Gasteiger partial charge in [0.05, 0.1) is 17.3 Å². The third kappa shape index (κ3) is 2.87. The van der Waals surface area contributed by atoms with Crippen LogP contribution < -0.4 is 10.1 Å². The predicted molar refractivity (Wildman–Crippen MR) is 88.1 cm³/mol. The van der Waals surface area contributed by atoms with Gasteiger partial charge in [0.2, 0.25) is 0 Å². The molecule has 3 aromatic rings. The quantitative estimate of drug-likeness (QED) is 0.796. The molecule has 116 valence electrons. The summed E-state index contributed by atoms with van der Waals surface area (Å²) in [5.74, 6) is 0.963. The Bertz CT molecular complexity index is 889. The van der Waals surface area contributed by atoms with Crippen LogP contribution in [0.25, 0.3) is 10.2 Å². The van der Waals surface area contributed by atoms with Crippen LogP contribution in [0.1, 0.15) is 34.9 Å². The van der Waals surface area contributed by atoms with E-state index in [4.69, 9.17) is 4.74 Å². The Morgan fingerprint density at radius 3 is 2.96 bits per heavy atom. The van der Waals surface area contributed by atoms with Crippen LogP contribution in [-0.2, 0) is 0 Å². The summed E-state index contributed by atoms with van der Waals surface area (Å²) in [4.78, 5) is 25.1. The highest BCUT2D eigenvalue weighted by atomic mass is 32.1. The minimum atomic E-state index is -0.264. The Kier molecular flexibility index (Phi) is 3.42. The highest BCUT2D eigenvalue weighted by molar-refractivity contribution is 7.22. The minimum Gasteiger partial charge on any atom is -0.497 e. The maximum absolute atomic E-state index is 12.3. The van der Waals surface area contributed by atoms with E-state index in [1.807, 2.05) is 18.2 Å². The van der Waals surface area contributed by atoms with Crippen LogP contribution in [0, 0.1) is 0 Å². The van der Waals surface area contributed by atoms with Gasteiger partial charge < -0.3 is 4.74 Å². The number of anilines is 1. The van der Waals surface area contributed by atoms with Crippen LogP contribution in [0.4, 0.5) is 5.13 Å². The molecule has 1 aliphatic carbocycles. The number of ether oxygens (including phenoxy) is 1. The lowest BCUT2D eigenvalue weighted by molar-refractivity contribution is 0.102. The third-order valence-corrected chi connectivity index (χ3v) is 4.68. The molecule has 0 unspecified atom stereocenters. The molecular weight excluding hydrogens is 312 g/mol. The van der Waals surface area contributed by atoms with E-state index < -0.39 is 0 Å². The van der Waals surface area contributed by atoms with Crippen molar-refractivity contribution in [3.8, 4) is 5.75 Å². The zero-order chi connectivity index (χ0) is 15.8. The molecule has 1 fully saturated rings. The lowest BCUT2D eigenvalue weighted by Gasteiger charge is -2.02. The molecule has 2 heterocycles. The number of rotatable bonds is 4. The van der Waals surface area contributed by atoms with Crippen molar-refractivity contribution in [3.05, 3.63) is 42.0 Å². The Balaban J connectivity index is 1.57. The molecule has 0 atom stereocenters. The van der Waals surface area contributed by atoms with Crippen LogP contribution in [-0.4, -0.2) is 28.0 Å². The molecule has 1 amide bonds. The number of thiazole rings is 1. The number of amides is 1. The summed E-state index contributed by atoms with van der Waals surface area (Å²) in [5, 5.41) is 3.36. The second-order valence-electron chi connectivity index (χ2n) is 5.41. The number of carbonyl (C=O) groups is 1. The van der Waals surface area contributed by atoms with E-state index in [2.05, 4.69) is 20.3 Å². The zero-order valence-corrected chi connectivity index (χ0v) is 13.3. The van der Waals surface area contributed by atoms with Gasteiger partial charge >= 0.3 is 0 Å². The van der Waals surface area contributed by atoms with E-state index in [1.165, 1.54) is 17.7 Å². The van der Waals surface area contributed by atoms with Crippen molar-refractivity contribution in [2.45, 2.75) is 18.8 Å². The maximum atomic E-state index is 12.3. The number of methoxy groups -OCH3 is 1. The van der Waals surface area contributed by atoms with E-state index in [9.17, 15) is 4.79 Å². The molecule has 7 heteroatoms. The predicted octanol–water partition coefficient (Wildman–Crippen LogP) is 3.22. The highest BCUT2D eigenvalue weighted by Gasteiger charge is 2.26. The lowest BCUT2D eigenvalue weighted by Crippen LogP contribution is -2.14. The number of nitrogens with zero attached hydrogens (tertiary/aromatic N) is 3. The van der Waals surface area contributed by atoms with Gasteiger partial charge in [-0.1, -0.05) is 11.3 Å². The second-order valence-corrected chi connectivity index (χ2v) is 6.44. The number of benzene rings is 1. The smallest absolute Gasteiger partial charge is 0.276 e. The van der Waals surface area contributed by atoms with Gasteiger partial charge in [-0.2, -0.15) is 0 Å². The van der Waals surface area contributed by atoms with Crippen LogP contribution in [0.2, 0.25) is 0 Å². The van der Waals surface area contributed by atoms with E-state index in [-0.39, 0.29) is 5.91 Å². The average Bonchev–Trinajstić information content (AvgIpc) is 3.35. The van der Waals surface area contributed by atoms with Gasteiger partial charge in [-0.25, -0.2) is 15.0 Å². The van der Waals surface area contributed by atoms with Crippen molar-refractivity contribution in [1.29, 1.82) is 0 Å². The molecular formula is C16H14N4O2S. The van der Waals surface area contributed by atoms with Crippen molar-refractivity contribution in [2.75, 3.05) is 12.4 Å². The maximum Gasteiger partial charge on any atom is 0.276 e. The van der Waals surface area contributed by atoms with Crippen LogP contribution in [0.3, 0.4) is 0 Å². The summed E-state index contributed by atoms with van der Waals surface area (Å²) in [7, 11) is 1.61. The molecule has 1 saturated carbocycles. The van der Waals surface area contributed by atoms with Gasteiger partial charge in [0.25, 0.3) is 5.91 Å².